The molecule has 2 aromatic heterocycles. The topological polar surface area (TPSA) is 56.1 Å². The fourth-order valence-electron chi connectivity index (χ4n) is 2.12. The molecule has 0 aliphatic rings. The van der Waals surface area contributed by atoms with Crippen molar-refractivity contribution in [2.45, 2.75) is 0 Å². The normalized spacial score (nSPS) is 8.97. The molecule has 0 saturated carbocycles. The van der Waals surface area contributed by atoms with Crippen molar-refractivity contribution in [2.24, 2.45) is 0 Å². The van der Waals surface area contributed by atoms with Crippen LogP contribution in [0.1, 0.15) is 0 Å². The predicted molar refractivity (Wildman–Crippen MR) is 106 cm³/mol. The SMILES string of the molecule is CN(C)c1ccnc(-c2[c-]cc(F)cc2F)c1.CN(C)c1ccncc1.[C-]#N.[Ir]. The molecule has 155 valence electrons. The molecule has 5 nitrogen and oxygen atoms in total. The van der Waals surface area contributed by atoms with Crippen molar-refractivity contribution in [3.05, 3.63) is 79.3 Å². The molecule has 1 radical (unpaired) electrons. The van der Waals surface area contributed by atoms with Gasteiger partial charge in [0.1, 0.15) is 0 Å². The van der Waals surface area contributed by atoms with Crippen molar-refractivity contribution in [2.75, 3.05) is 38.0 Å². The maximum absolute atomic E-state index is 13.5. The quantitative estimate of drug-likeness (QED) is 0.441. The number of pyridine rings is 2. The molecule has 8 heteroatoms. The Kier molecular flexibility index (Phi) is 12.0. The van der Waals surface area contributed by atoms with Crippen LogP contribution in [0.5, 0.6) is 0 Å². The van der Waals surface area contributed by atoms with E-state index in [0.717, 1.165) is 17.8 Å². The van der Waals surface area contributed by atoms with Crippen molar-refractivity contribution >= 4 is 11.4 Å². The average Bonchev–Trinajstić information content (AvgIpc) is 2.71. The van der Waals surface area contributed by atoms with Crippen LogP contribution in [0.15, 0.2) is 55.0 Å². The van der Waals surface area contributed by atoms with Gasteiger partial charge >= 0.3 is 0 Å². The molecule has 0 spiro atoms. The maximum atomic E-state index is 13.5. The second-order valence-electron chi connectivity index (χ2n) is 5.93. The summed E-state index contributed by atoms with van der Waals surface area (Å²) >= 11 is 0. The van der Waals surface area contributed by atoms with E-state index in [2.05, 4.69) is 16.0 Å². The molecule has 29 heavy (non-hydrogen) atoms. The van der Waals surface area contributed by atoms with E-state index in [4.69, 9.17) is 11.8 Å². The molecule has 0 fully saturated rings. The molecule has 0 amide bonds. The Balaban J connectivity index is 0.000000556. The summed E-state index contributed by atoms with van der Waals surface area (Å²) in [7, 11) is 7.78. The smallest absolute Gasteiger partial charge is 0.0408 e. The van der Waals surface area contributed by atoms with E-state index >= 15 is 0 Å². The summed E-state index contributed by atoms with van der Waals surface area (Å²) in [6, 6.07) is 12.0. The van der Waals surface area contributed by atoms with Crippen LogP contribution in [0.4, 0.5) is 20.2 Å². The van der Waals surface area contributed by atoms with Crippen molar-refractivity contribution in [3.63, 3.8) is 0 Å². The van der Waals surface area contributed by atoms with Gasteiger partial charge in [0.25, 0.3) is 0 Å². The number of hydrogen-bond donors (Lipinski definition) is 0. The first-order valence-electron chi connectivity index (χ1n) is 8.18. The van der Waals surface area contributed by atoms with Crippen molar-refractivity contribution in [1.29, 1.82) is 5.26 Å². The third kappa shape index (κ3) is 8.34. The molecular weight excluding hydrogens is 552 g/mol. The van der Waals surface area contributed by atoms with Gasteiger partial charge in [0.15, 0.2) is 0 Å². The zero-order valence-corrected chi connectivity index (χ0v) is 18.9. The van der Waals surface area contributed by atoms with E-state index in [1.54, 1.807) is 24.7 Å². The first-order valence-corrected chi connectivity index (χ1v) is 8.18. The zero-order chi connectivity index (χ0) is 21.1. The number of anilines is 2. The van der Waals surface area contributed by atoms with Gasteiger partial charge in [-0.15, -0.1) is 12.1 Å². The van der Waals surface area contributed by atoms with Crippen LogP contribution in [0, 0.1) is 29.5 Å². The van der Waals surface area contributed by atoms with Crippen LogP contribution in [0.2, 0.25) is 0 Å². The molecule has 0 bridgehead atoms. The van der Waals surface area contributed by atoms with Gasteiger partial charge in [-0.1, -0.05) is 17.7 Å². The summed E-state index contributed by atoms with van der Waals surface area (Å²) < 4.78 is 26.3. The zero-order valence-electron chi connectivity index (χ0n) is 16.5. The third-order valence-electron chi connectivity index (χ3n) is 3.55. The fourth-order valence-corrected chi connectivity index (χ4v) is 2.12. The van der Waals surface area contributed by atoms with Crippen molar-refractivity contribution < 1.29 is 28.9 Å². The van der Waals surface area contributed by atoms with Crippen LogP contribution < -0.4 is 9.80 Å². The minimum absolute atomic E-state index is 0. The Bertz CT molecular complexity index is 886. The number of aromatic nitrogens is 2. The number of halogens is 2. The number of nitrogens with zero attached hydrogens (tertiary/aromatic N) is 5. The van der Waals surface area contributed by atoms with E-state index in [0.29, 0.717) is 5.69 Å². The van der Waals surface area contributed by atoms with Gasteiger partial charge in [0.05, 0.1) is 0 Å². The summed E-state index contributed by atoms with van der Waals surface area (Å²) in [5, 5.41) is 6.25. The van der Waals surface area contributed by atoms with Crippen LogP contribution in [-0.4, -0.2) is 38.2 Å². The van der Waals surface area contributed by atoms with E-state index in [-0.39, 0.29) is 25.7 Å². The molecule has 0 atom stereocenters. The number of benzene rings is 1. The number of rotatable bonds is 3. The minimum Gasteiger partial charge on any atom is -0.512 e. The molecule has 3 aromatic rings. The van der Waals surface area contributed by atoms with Gasteiger partial charge in [-0.25, -0.2) is 0 Å². The Morgan fingerprint density at radius 1 is 0.897 bits per heavy atom. The van der Waals surface area contributed by atoms with Gasteiger partial charge in [0.2, 0.25) is 0 Å². The van der Waals surface area contributed by atoms with Gasteiger partial charge in [-0.3, -0.25) is 13.8 Å². The summed E-state index contributed by atoms with van der Waals surface area (Å²) in [6.07, 6.45) is 5.16. The van der Waals surface area contributed by atoms with Gasteiger partial charge in [0, 0.05) is 89.9 Å². The van der Waals surface area contributed by atoms with Crippen LogP contribution in [0.3, 0.4) is 0 Å². The first-order chi connectivity index (χ1) is 13.4. The second-order valence-corrected chi connectivity index (χ2v) is 5.93. The van der Waals surface area contributed by atoms with E-state index < -0.39 is 11.6 Å². The molecule has 3 rings (SSSR count). The average molecular weight is 574 g/mol. The summed E-state index contributed by atoms with van der Waals surface area (Å²) in [5.74, 6) is -1.30. The molecule has 0 unspecified atom stereocenters. The Morgan fingerprint density at radius 3 is 1.93 bits per heavy atom. The van der Waals surface area contributed by atoms with Crippen LogP contribution >= 0.6 is 0 Å². The molecule has 0 N–H and O–H groups in total. The summed E-state index contributed by atoms with van der Waals surface area (Å²) in [4.78, 5) is 11.9. The second kappa shape index (κ2) is 13.3. The molecule has 1 aromatic carbocycles. The molecular formula is C21H21F2IrN5-2. The Morgan fingerprint density at radius 2 is 1.45 bits per heavy atom. The molecule has 0 saturated heterocycles. The van der Waals surface area contributed by atoms with Crippen molar-refractivity contribution in [1.82, 2.24) is 9.97 Å². The fraction of sp³-hybridized carbons (Fsp3) is 0.190. The van der Waals surface area contributed by atoms with Gasteiger partial charge in [-0.05, 0) is 23.9 Å². The summed E-state index contributed by atoms with van der Waals surface area (Å²) in [6.45, 7) is 4.75. The maximum Gasteiger partial charge on any atom is 0.0408 e. The van der Waals surface area contributed by atoms with Gasteiger partial charge in [-0.2, -0.15) is 0 Å². The van der Waals surface area contributed by atoms with Crippen molar-refractivity contribution in [3.8, 4) is 11.3 Å². The Hall–Kier alpha value is -2.88. The minimum atomic E-state index is -0.659. The predicted octanol–water partition coefficient (Wildman–Crippen LogP) is 4.13. The molecule has 2 heterocycles. The van der Waals surface area contributed by atoms with Crippen LogP contribution in [-0.2, 0) is 20.1 Å². The van der Waals surface area contributed by atoms with Gasteiger partial charge < -0.3 is 26.6 Å². The Labute approximate surface area is 184 Å². The first kappa shape index (κ1) is 26.1. The number of hydrogen-bond acceptors (Lipinski definition) is 5. The largest absolute Gasteiger partial charge is 0.512 e. The van der Waals surface area contributed by atoms with E-state index in [1.807, 2.05) is 56.2 Å². The van der Waals surface area contributed by atoms with E-state index in [1.165, 1.54) is 5.69 Å². The molecule has 0 aliphatic heterocycles. The summed E-state index contributed by atoms with van der Waals surface area (Å²) in [5.41, 5.74) is 2.70. The molecule has 0 aliphatic carbocycles. The third-order valence-corrected chi connectivity index (χ3v) is 3.55. The van der Waals surface area contributed by atoms with E-state index in [9.17, 15) is 8.78 Å². The monoisotopic (exact) mass is 574 g/mol. The van der Waals surface area contributed by atoms with Crippen LogP contribution in [0.25, 0.3) is 11.3 Å². The standard InChI is InChI=1S/C13H11F2N2.C7H10N2.CN.Ir/c1-17(2)10-5-6-16-13(8-10)11-4-3-9(14)7-12(11)15;1-9(2)7-3-5-8-6-4-7;1-2;/h3,5-8H,1-2H3;3-6H,1-2H3;;/q-1;;-1;.